The minimum absolute atomic E-state index is 0.112. The van der Waals surface area contributed by atoms with E-state index in [1.165, 1.54) is 0 Å². The number of benzene rings is 5. The molecular weight excluding hydrogens is 726 g/mol. The van der Waals surface area contributed by atoms with E-state index in [2.05, 4.69) is 0 Å². The summed E-state index contributed by atoms with van der Waals surface area (Å²) in [5.74, 6) is -0.762. The first kappa shape index (κ1) is 36.3. The Kier molecular flexibility index (Phi) is 8.68. The second kappa shape index (κ2) is 13.4. The van der Waals surface area contributed by atoms with Crippen molar-refractivity contribution in [2.45, 2.75) is 69.2 Å². The molecule has 286 valence electrons. The van der Waals surface area contributed by atoms with E-state index in [9.17, 15) is 14.7 Å². The van der Waals surface area contributed by atoms with E-state index in [-0.39, 0.29) is 37.3 Å². The fourth-order valence-corrected chi connectivity index (χ4v) is 12.5. The Morgan fingerprint density at radius 3 is 2.45 bits per heavy atom. The smallest absolute Gasteiger partial charge is 0.264 e. The molecular formula is C45H44FN3O6Si. The molecule has 1 spiro atoms. The number of carbonyl (C=O) groups excluding carboxylic acids is 3. The average molecular weight is 770 g/mol. The lowest BCUT2D eigenvalue weighted by atomic mass is 9.82. The van der Waals surface area contributed by atoms with Gasteiger partial charge in [-0.05, 0) is 84.1 Å². The van der Waals surface area contributed by atoms with Gasteiger partial charge in [-0.25, -0.2) is 0 Å². The highest BCUT2D eigenvalue weighted by Crippen LogP contribution is 2.61. The molecule has 0 aliphatic carbocycles. The number of carbonyl (C=O) groups is 3. The van der Waals surface area contributed by atoms with Crippen LogP contribution in [0.25, 0.3) is 10.8 Å². The van der Waals surface area contributed by atoms with Gasteiger partial charge in [0.05, 0.1) is 55.8 Å². The van der Waals surface area contributed by atoms with Crippen LogP contribution in [0.2, 0.25) is 18.6 Å². The lowest BCUT2D eigenvalue weighted by Gasteiger charge is -2.37. The molecule has 1 saturated heterocycles. The molecule has 11 heteroatoms. The molecule has 5 atom stereocenters. The van der Waals surface area contributed by atoms with Crippen molar-refractivity contribution < 1.29 is 33.1 Å². The highest BCUT2D eigenvalue weighted by atomic mass is 28.4. The van der Waals surface area contributed by atoms with Crippen LogP contribution in [-0.4, -0.2) is 62.0 Å². The number of anilines is 3. The van der Waals surface area contributed by atoms with Crippen LogP contribution in [0.5, 0.6) is 5.75 Å². The third-order valence-corrected chi connectivity index (χ3v) is 15.0. The summed E-state index contributed by atoms with van der Waals surface area (Å²) in [6.07, 6.45) is -0.478. The molecule has 4 aliphatic rings. The molecule has 0 bridgehead atoms. The van der Waals surface area contributed by atoms with Crippen LogP contribution < -0.4 is 14.5 Å². The first-order valence-electron chi connectivity index (χ1n) is 19.2. The number of aliphatic hydroxyl groups excluding tert-OH is 1. The number of methoxy groups -OCH3 is 1. The van der Waals surface area contributed by atoms with Crippen molar-refractivity contribution in [2.24, 2.45) is 5.92 Å². The van der Waals surface area contributed by atoms with E-state index >= 15 is 8.90 Å². The number of ether oxygens (including phenoxy) is 2. The third kappa shape index (κ3) is 5.50. The normalized spacial score (nSPS) is 24.0. The topological polar surface area (TPSA) is 99.6 Å². The fourth-order valence-electron chi connectivity index (χ4n) is 9.99. The van der Waals surface area contributed by atoms with E-state index in [4.69, 9.17) is 9.47 Å². The van der Waals surface area contributed by atoms with Gasteiger partial charge in [0, 0.05) is 34.6 Å². The summed E-state index contributed by atoms with van der Waals surface area (Å²) >= 11 is 0. The number of hydrogen-bond acceptors (Lipinski definition) is 6. The van der Waals surface area contributed by atoms with Gasteiger partial charge in [0.2, 0.25) is 14.3 Å². The van der Waals surface area contributed by atoms with Crippen molar-refractivity contribution in [3.63, 3.8) is 0 Å². The Balaban J connectivity index is 1.05. The summed E-state index contributed by atoms with van der Waals surface area (Å²) < 4.78 is 29.3. The molecule has 4 heterocycles. The van der Waals surface area contributed by atoms with E-state index in [0.717, 1.165) is 33.2 Å². The van der Waals surface area contributed by atoms with E-state index in [0.29, 0.717) is 41.2 Å². The Bertz CT molecular complexity index is 2430. The van der Waals surface area contributed by atoms with Crippen LogP contribution in [0.4, 0.5) is 21.2 Å². The summed E-state index contributed by atoms with van der Waals surface area (Å²) in [5, 5.41) is 12.2. The van der Waals surface area contributed by atoms with Crippen LogP contribution in [0, 0.1) is 5.92 Å². The zero-order valence-electron chi connectivity index (χ0n) is 31.9. The van der Waals surface area contributed by atoms with Crippen molar-refractivity contribution in [3.8, 4) is 5.75 Å². The van der Waals surface area contributed by atoms with Gasteiger partial charge in [-0.15, -0.1) is 0 Å². The number of hydrogen-bond donors (Lipinski definition) is 1. The fraction of sp³-hybridized carbons (Fsp3) is 0.311. The van der Waals surface area contributed by atoms with E-state index in [1.54, 1.807) is 47.0 Å². The Labute approximate surface area is 326 Å². The van der Waals surface area contributed by atoms with Crippen molar-refractivity contribution >= 4 is 54.0 Å². The summed E-state index contributed by atoms with van der Waals surface area (Å²) in [5.41, 5.74) is 4.00. The van der Waals surface area contributed by atoms with Crippen molar-refractivity contribution in [2.75, 3.05) is 23.5 Å². The minimum Gasteiger partial charge on any atom is -0.497 e. The Morgan fingerprint density at radius 1 is 0.946 bits per heavy atom. The summed E-state index contributed by atoms with van der Waals surface area (Å²) in [6.45, 7) is 5.42. The number of fused-ring (bicyclic) bond motifs is 3. The average Bonchev–Trinajstić information content (AvgIpc) is 3.75. The van der Waals surface area contributed by atoms with Crippen LogP contribution in [0.3, 0.4) is 0 Å². The summed E-state index contributed by atoms with van der Waals surface area (Å²) in [7, 11) is -2.01. The van der Waals surface area contributed by atoms with Crippen molar-refractivity contribution in [3.05, 3.63) is 131 Å². The first-order valence-corrected chi connectivity index (χ1v) is 22.2. The zero-order valence-corrected chi connectivity index (χ0v) is 32.9. The first-order chi connectivity index (χ1) is 26.9. The molecule has 9 rings (SSSR count). The van der Waals surface area contributed by atoms with Gasteiger partial charge < -0.3 is 28.5 Å². The van der Waals surface area contributed by atoms with E-state index < -0.39 is 37.6 Å². The van der Waals surface area contributed by atoms with Gasteiger partial charge in [0.1, 0.15) is 5.75 Å². The Morgan fingerprint density at radius 2 is 1.70 bits per heavy atom. The molecule has 0 aromatic heterocycles. The molecule has 0 unspecified atom stereocenters. The van der Waals surface area contributed by atoms with Crippen LogP contribution in [0.15, 0.2) is 103 Å². The molecule has 1 N–H and O–H groups in total. The quantitative estimate of drug-likeness (QED) is 0.128. The zero-order chi connectivity index (χ0) is 39.1. The number of halogens is 1. The third-order valence-electron chi connectivity index (χ3n) is 12.5. The minimum atomic E-state index is -3.57. The number of aliphatic hydroxyl groups is 1. The maximum atomic E-state index is 16.7. The monoisotopic (exact) mass is 769 g/mol. The van der Waals surface area contributed by atoms with Gasteiger partial charge in [-0.3, -0.25) is 19.3 Å². The summed E-state index contributed by atoms with van der Waals surface area (Å²) in [4.78, 5) is 48.3. The lowest BCUT2D eigenvalue weighted by Crippen LogP contribution is -2.48. The largest absolute Gasteiger partial charge is 0.497 e. The molecule has 9 nitrogen and oxygen atoms in total. The van der Waals surface area contributed by atoms with Crippen molar-refractivity contribution in [1.82, 2.24) is 4.90 Å². The number of amides is 3. The second-order valence-electron chi connectivity index (χ2n) is 16.1. The Hall–Kier alpha value is -5.36. The SMILES string of the molecule is COc1ccc2c(c1)[C@]1(O[C@@H](CC(=O)N3Cc4ccccc4C[C@H]3CO)[C@H]([Si](C)(C)F)[C@H]1C)C(=O)N2Cc1cccc(N2C(=O)c3cccc4cccc2c34)c1. The van der Waals surface area contributed by atoms with Gasteiger partial charge in [0.15, 0.2) is 5.60 Å². The molecule has 0 radical (unpaired) electrons. The van der Waals surface area contributed by atoms with Crippen LogP contribution in [0.1, 0.15) is 46.0 Å². The second-order valence-corrected chi connectivity index (χ2v) is 19.9. The molecule has 3 amide bonds. The maximum Gasteiger partial charge on any atom is 0.264 e. The molecule has 5 aromatic rings. The van der Waals surface area contributed by atoms with Crippen molar-refractivity contribution in [1.29, 1.82) is 0 Å². The highest BCUT2D eigenvalue weighted by molar-refractivity contribution is 6.72. The van der Waals surface area contributed by atoms with Crippen LogP contribution in [-0.2, 0) is 39.4 Å². The maximum absolute atomic E-state index is 16.7. The van der Waals surface area contributed by atoms with Gasteiger partial charge >= 0.3 is 0 Å². The van der Waals surface area contributed by atoms with Crippen LogP contribution >= 0.6 is 0 Å². The predicted octanol–water partition coefficient (Wildman–Crippen LogP) is 7.80. The lowest BCUT2D eigenvalue weighted by molar-refractivity contribution is -0.151. The molecule has 1 fully saturated rings. The molecule has 56 heavy (non-hydrogen) atoms. The molecule has 5 aromatic carbocycles. The molecule has 0 saturated carbocycles. The van der Waals surface area contributed by atoms with Gasteiger partial charge in [-0.2, -0.15) is 0 Å². The highest BCUT2D eigenvalue weighted by Gasteiger charge is 2.67. The summed E-state index contributed by atoms with van der Waals surface area (Å²) in [6, 6.07) is 32.2. The number of nitrogens with zero attached hydrogens (tertiary/aromatic N) is 3. The molecule has 4 aliphatic heterocycles. The van der Waals surface area contributed by atoms with Gasteiger partial charge in [0.25, 0.3) is 11.8 Å². The number of rotatable bonds is 8. The van der Waals surface area contributed by atoms with E-state index in [1.807, 2.05) is 97.9 Å². The predicted molar refractivity (Wildman–Crippen MR) is 215 cm³/mol. The van der Waals surface area contributed by atoms with Gasteiger partial charge in [-0.1, -0.05) is 67.6 Å². The standard InChI is InChI=1S/C45H44FN3O6Si/c1-27-42(56(3,4)46)39(23-40(51)47-25-31-12-6-5-11-30(31)21-33(47)26-50)55-45(27)36-22-34(54-2)18-19-37(36)48(44(45)53)24-28-10-7-15-32(20-28)49-38-17-9-14-29-13-8-16-35(41(29)38)43(49)52/h5-20,22,27,33,39,42,50H,21,23-26H2,1-4H3/t27-,33+,39+,42-,45+/m1/s1.